The number of fused-ring (bicyclic) bond motifs is 1. The zero-order valence-electron chi connectivity index (χ0n) is 18.7. The van der Waals surface area contributed by atoms with Gasteiger partial charge in [0, 0.05) is 35.1 Å². The highest BCUT2D eigenvalue weighted by Crippen LogP contribution is 2.31. The molecule has 6 nitrogen and oxygen atoms in total. The van der Waals surface area contributed by atoms with E-state index in [0.717, 1.165) is 65.1 Å². The van der Waals surface area contributed by atoms with Crippen LogP contribution >= 0.6 is 0 Å². The Morgan fingerprint density at radius 3 is 2.76 bits per heavy atom. The van der Waals surface area contributed by atoms with Crippen LogP contribution in [0.1, 0.15) is 34.5 Å². The number of amides is 1. The summed E-state index contributed by atoms with van der Waals surface area (Å²) < 4.78 is 1.87. The summed E-state index contributed by atoms with van der Waals surface area (Å²) in [5.41, 5.74) is 7.47. The zero-order valence-corrected chi connectivity index (χ0v) is 18.7. The smallest absolute Gasteiger partial charge is 0.270 e. The van der Waals surface area contributed by atoms with Gasteiger partial charge in [-0.05, 0) is 68.2 Å². The second-order valence-corrected chi connectivity index (χ2v) is 8.46. The Labute approximate surface area is 193 Å². The molecule has 166 valence electrons. The number of aryl methyl sites for hydroxylation is 1. The SMILES string of the molecule is C=Cc1ccc(-c2ncccc2-c2ccc3ncc(C(=O)NC4CCNCC4)n3c2)cc1C. The normalized spacial score (nSPS) is 14.3. The third-order valence-electron chi connectivity index (χ3n) is 6.29. The van der Waals surface area contributed by atoms with Gasteiger partial charge < -0.3 is 10.6 Å². The number of carbonyl (C=O) groups excluding carboxylic acids is 1. The average molecular weight is 438 g/mol. The van der Waals surface area contributed by atoms with E-state index in [9.17, 15) is 4.79 Å². The van der Waals surface area contributed by atoms with Crippen LogP contribution in [0.4, 0.5) is 0 Å². The molecule has 0 bridgehead atoms. The summed E-state index contributed by atoms with van der Waals surface area (Å²) in [5, 5.41) is 6.49. The van der Waals surface area contributed by atoms with Gasteiger partial charge in [-0.2, -0.15) is 0 Å². The standard InChI is InChI=1S/C27H27N5O/c1-3-19-6-7-20(15-18(19)2)26-23(5-4-12-29-26)21-8-9-25-30-16-24(32(25)17-21)27(33)31-22-10-13-28-14-11-22/h3-9,12,15-17,22,28H,1,10-11,13-14H2,2H3,(H,31,33). The molecular formula is C27H27N5O. The van der Waals surface area contributed by atoms with Crippen LogP contribution in [0.25, 0.3) is 34.1 Å². The van der Waals surface area contributed by atoms with E-state index in [1.54, 1.807) is 6.20 Å². The van der Waals surface area contributed by atoms with Gasteiger partial charge in [0.1, 0.15) is 11.3 Å². The minimum absolute atomic E-state index is 0.0893. The molecule has 1 aliphatic heterocycles. The highest BCUT2D eigenvalue weighted by Gasteiger charge is 2.19. The van der Waals surface area contributed by atoms with Gasteiger partial charge in [0.05, 0.1) is 11.9 Å². The van der Waals surface area contributed by atoms with Crippen LogP contribution in [0.5, 0.6) is 0 Å². The Morgan fingerprint density at radius 1 is 1.15 bits per heavy atom. The molecule has 1 aromatic carbocycles. The number of rotatable bonds is 5. The van der Waals surface area contributed by atoms with Crippen molar-refractivity contribution in [2.45, 2.75) is 25.8 Å². The fourth-order valence-electron chi connectivity index (χ4n) is 4.45. The molecule has 2 N–H and O–H groups in total. The second-order valence-electron chi connectivity index (χ2n) is 8.46. The van der Waals surface area contributed by atoms with Crippen molar-refractivity contribution in [1.29, 1.82) is 0 Å². The highest BCUT2D eigenvalue weighted by atomic mass is 16.2. The summed E-state index contributed by atoms with van der Waals surface area (Å²) in [5.74, 6) is -0.0893. The Kier molecular flexibility index (Phi) is 5.75. The Balaban J connectivity index is 1.52. The Hall–Kier alpha value is -3.77. The highest BCUT2D eigenvalue weighted by molar-refractivity contribution is 5.94. The molecule has 4 aromatic rings. The van der Waals surface area contributed by atoms with Crippen molar-refractivity contribution < 1.29 is 4.79 Å². The first-order valence-corrected chi connectivity index (χ1v) is 11.3. The number of pyridine rings is 2. The minimum Gasteiger partial charge on any atom is -0.348 e. The fourth-order valence-corrected chi connectivity index (χ4v) is 4.45. The predicted octanol–water partition coefficient (Wildman–Crippen LogP) is 4.50. The molecular weight excluding hydrogens is 410 g/mol. The number of piperidine rings is 1. The van der Waals surface area contributed by atoms with Crippen LogP contribution in [0.3, 0.4) is 0 Å². The minimum atomic E-state index is -0.0893. The van der Waals surface area contributed by atoms with Gasteiger partial charge in [-0.25, -0.2) is 4.98 Å². The summed E-state index contributed by atoms with van der Waals surface area (Å²) in [6, 6.07) is 14.4. The molecule has 1 aliphatic rings. The van der Waals surface area contributed by atoms with Gasteiger partial charge in [-0.15, -0.1) is 0 Å². The quantitative estimate of drug-likeness (QED) is 0.482. The molecule has 0 aliphatic carbocycles. The number of benzene rings is 1. The molecule has 1 fully saturated rings. The van der Waals surface area contributed by atoms with Crippen LogP contribution in [0.15, 0.2) is 67.6 Å². The number of carbonyl (C=O) groups is 1. The molecule has 0 radical (unpaired) electrons. The number of aromatic nitrogens is 3. The number of imidazole rings is 1. The van der Waals surface area contributed by atoms with E-state index in [1.165, 1.54) is 0 Å². The first-order valence-electron chi connectivity index (χ1n) is 11.3. The van der Waals surface area contributed by atoms with Gasteiger partial charge in [0.15, 0.2) is 0 Å². The maximum absolute atomic E-state index is 13.0. The molecule has 0 saturated carbocycles. The molecule has 1 saturated heterocycles. The van der Waals surface area contributed by atoms with Crippen molar-refractivity contribution in [2.24, 2.45) is 0 Å². The summed E-state index contributed by atoms with van der Waals surface area (Å²) in [6.45, 7) is 7.82. The van der Waals surface area contributed by atoms with Crippen molar-refractivity contribution in [3.63, 3.8) is 0 Å². The fraction of sp³-hybridized carbons (Fsp3) is 0.222. The van der Waals surface area contributed by atoms with E-state index in [1.807, 2.05) is 41.1 Å². The van der Waals surface area contributed by atoms with Gasteiger partial charge in [-0.3, -0.25) is 14.2 Å². The van der Waals surface area contributed by atoms with E-state index in [4.69, 9.17) is 0 Å². The summed E-state index contributed by atoms with van der Waals surface area (Å²) in [7, 11) is 0. The zero-order chi connectivity index (χ0) is 22.8. The third kappa shape index (κ3) is 4.17. The Bertz CT molecular complexity index is 1330. The topological polar surface area (TPSA) is 71.3 Å². The van der Waals surface area contributed by atoms with Crippen molar-refractivity contribution in [3.8, 4) is 22.4 Å². The molecule has 0 atom stereocenters. The predicted molar refractivity (Wildman–Crippen MR) is 132 cm³/mol. The maximum Gasteiger partial charge on any atom is 0.270 e. The lowest BCUT2D eigenvalue weighted by molar-refractivity contribution is 0.0923. The number of nitrogens with zero attached hydrogens (tertiary/aromatic N) is 3. The van der Waals surface area contributed by atoms with Crippen LogP contribution in [-0.2, 0) is 0 Å². The molecule has 4 heterocycles. The van der Waals surface area contributed by atoms with Gasteiger partial charge >= 0.3 is 0 Å². The lowest BCUT2D eigenvalue weighted by Crippen LogP contribution is -2.43. The van der Waals surface area contributed by atoms with Crippen LogP contribution < -0.4 is 10.6 Å². The van der Waals surface area contributed by atoms with E-state index < -0.39 is 0 Å². The summed E-state index contributed by atoms with van der Waals surface area (Å²) >= 11 is 0. The number of hydrogen-bond donors (Lipinski definition) is 2. The lowest BCUT2D eigenvalue weighted by Gasteiger charge is -2.23. The van der Waals surface area contributed by atoms with Crippen LogP contribution in [-0.4, -0.2) is 39.4 Å². The van der Waals surface area contributed by atoms with Crippen molar-refractivity contribution in [1.82, 2.24) is 25.0 Å². The largest absolute Gasteiger partial charge is 0.348 e. The van der Waals surface area contributed by atoms with E-state index in [2.05, 4.69) is 58.4 Å². The van der Waals surface area contributed by atoms with Crippen LogP contribution in [0.2, 0.25) is 0 Å². The van der Waals surface area contributed by atoms with Gasteiger partial charge in [0.2, 0.25) is 0 Å². The molecule has 1 amide bonds. The third-order valence-corrected chi connectivity index (χ3v) is 6.29. The average Bonchev–Trinajstić information content (AvgIpc) is 3.28. The second kappa shape index (κ2) is 9.00. The monoisotopic (exact) mass is 437 g/mol. The van der Waals surface area contributed by atoms with E-state index in [-0.39, 0.29) is 11.9 Å². The molecule has 5 rings (SSSR count). The number of nitrogens with one attached hydrogen (secondary N) is 2. The molecule has 0 spiro atoms. The summed E-state index contributed by atoms with van der Waals surface area (Å²) in [4.78, 5) is 22.1. The first-order chi connectivity index (χ1) is 16.1. The van der Waals surface area contributed by atoms with E-state index >= 15 is 0 Å². The van der Waals surface area contributed by atoms with Crippen molar-refractivity contribution >= 4 is 17.6 Å². The molecule has 6 heteroatoms. The van der Waals surface area contributed by atoms with Crippen molar-refractivity contribution in [3.05, 3.63) is 84.5 Å². The maximum atomic E-state index is 13.0. The lowest BCUT2D eigenvalue weighted by atomic mass is 9.97. The van der Waals surface area contributed by atoms with Gasteiger partial charge in [0.25, 0.3) is 5.91 Å². The molecule has 33 heavy (non-hydrogen) atoms. The number of hydrogen-bond acceptors (Lipinski definition) is 4. The summed E-state index contributed by atoms with van der Waals surface area (Å²) in [6.07, 6.45) is 9.18. The molecule has 3 aromatic heterocycles. The van der Waals surface area contributed by atoms with E-state index in [0.29, 0.717) is 5.69 Å². The first kappa shape index (κ1) is 21.1. The van der Waals surface area contributed by atoms with Crippen LogP contribution in [0, 0.1) is 6.92 Å². The Morgan fingerprint density at radius 2 is 1.97 bits per heavy atom. The van der Waals surface area contributed by atoms with Gasteiger partial charge in [-0.1, -0.05) is 30.9 Å². The van der Waals surface area contributed by atoms with Crippen molar-refractivity contribution in [2.75, 3.05) is 13.1 Å². The molecule has 0 unspecified atom stereocenters.